The molecule has 2 unspecified atom stereocenters. The minimum Gasteiger partial charge on any atom is -0.486 e. The lowest BCUT2D eigenvalue weighted by Gasteiger charge is -2.30. The first-order valence-electron chi connectivity index (χ1n) is 6.75. The lowest BCUT2D eigenvalue weighted by atomic mass is 9.99. The minimum absolute atomic E-state index is 0.174. The number of hydrogen-bond donors (Lipinski definition) is 0. The number of fused-ring (bicyclic) bond motifs is 1. The van der Waals surface area contributed by atoms with E-state index in [1.54, 1.807) is 0 Å². The van der Waals surface area contributed by atoms with E-state index >= 15 is 0 Å². The van der Waals surface area contributed by atoms with Gasteiger partial charge in [0.25, 0.3) is 0 Å². The molecule has 2 nitrogen and oxygen atoms in total. The van der Waals surface area contributed by atoms with Crippen molar-refractivity contribution in [1.29, 1.82) is 0 Å². The highest BCUT2D eigenvalue weighted by atomic mass is 35.5. The summed E-state index contributed by atoms with van der Waals surface area (Å²) in [6.07, 6.45) is -0.174. The molecule has 0 aliphatic carbocycles. The van der Waals surface area contributed by atoms with Crippen molar-refractivity contribution < 1.29 is 9.47 Å². The van der Waals surface area contributed by atoms with Gasteiger partial charge in [-0.1, -0.05) is 35.9 Å². The van der Waals surface area contributed by atoms with Gasteiger partial charge in [0.05, 0.1) is 5.38 Å². The molecular formula is C17H17ClO2. The molecule has 2 aromatic carbocycles. The van der Waals surface area contributed by atoms with Crippen molar-refractivity contribution in [2.75, 3.05) is 6.61 Å². The average molecular weight is 289 g/mol. The van der Waals surface area contributed by atoms with Crippen LogP contribution in [0.5, 0.6) is 11.5 Å². The Morgan fingerprint density at radius 1 is 1.10 bits per heavy atom. The molecule has 20 heavy (non-hydrogen) atoms. The van der Waals surface area contributed by atoms with Gasteiger partial charge in [0.2, 0.25) is 0 Å². The number of rotatable bonds is 2. The van der Waals surface area contributed by atoms with Crippen LogP contribution in [-0.2, 0) is 0 Å². The van der Waals surface area contributed by atoms with Gasteiger partial charge in [0.15, 0.2) is 17.6 Å². The van der Waals surface area contributed by atoms with E-state index in [0.29, 0.717) is 6.61 Å². The summed E-state index contributed by atoms with van der Waals surface area (Å²) in [7, 11) is 0. The first kappa shape index (κ1) is 13.3. The van der Waals surface area contributed by atoms with E-state index < -0.39 is 0 Å². The number of benzene rings is 2. The van der Waals surface area contributed by atoms with Crippen molar-refractivity contribution >= 4 is 11.6 Å². The maximum absolute atomic E-state index is 6.62. The molecule has 0 fully saturated rings. The smallest absolute Gasteiger partial charge is 0.161 e. The van der Waals surface area contributed by atoms with Crippen molar-refractivity contribution in [3.8, 4) is 11.5 Å². The molecule has 1 aliphatic heterocycles. The predicted octanol–water partition coefficient (Wildman–Crippen LogP) is 4.42. The zero-order chi connectivity index (χ0) is 14.1. The van der Waals surface area contributed by atoms with Gasteiger partial charge in [-0.25, -0.2) is 0 Å². The Balaban J connectivity index is 1.85. The number of aryl methyl sites for hydroxylation is 2. The van der Waals surface area contributed by atoms with Crippen molar-refractivity contribution in [2.45, 2.75) is 25.3 Å². The van der Waals surface area contributed by atoms with Crippen LogP contribution in [0.25, 0.3) is 0 Å². The van der Waals surface area contributed by atoms with Crippen LogP contribution in [0.15, 0.2) is 42.5 Å². The van der Waals surface area contributed by atoms with E-state index in [-0.39, 0.29) is 11.5 Å². The maximum Gasteiger partial charge on any atom is 0.161 e. The fourth-order valence-electron chi connectivity index (χ4n) is 2.44. The summed E-state index contributed by atoms with van der Waals surface area (Å²) in [5.41, 5.74) is 3.49. The molecular weight excluding hydrogens is 272 g/mol. The molecule has 104 valence electrons. The molecule has 0 N–H and O–H groups in total. The Labute approximate surface area is 124 Å². The highest BCUT2D eigenvalue weighted by Gasteiger charge is 2.29. The SMILES string of the molecule is Cc1ccc(C)c(C(Cl)C2COc3ccccc3O2)c1. The Kier molecular flexibility index (Phi) is 3.58. The van der Waals surface area contributed by atoms with E-state index in [2.05, 4.69) is 32.0 Å². The van der Waals surface area contributed by atoms with Crippen molar-refractivity contribution in [2.24, 2.45) is 0 Å². The molecule has 0 saturated heterocycles. The maximum atomic E-state index is 6.62. The van der Waals surface area contributed by atoms with Crippen molar-refractivity contribution in [1.82, 2.24) is 0 Å². The van der Waals surface area contributed by atoms with Crippen LogP contribution in [0, 0.1) is 13.8 Å². The van der Waals surface area contributed by atoms with Gasteiger partial charge in [-0.15, -0.1) is 11.6 Å². The van der Waals surface area contributed by atoms with Crippen LogP contribution < -0.4 is 9.47 Å². The Morgan fingerprint density at radius 2 is 1.85 bits per heavy atom. The first-order chi connectivity index (χ1) is 9.65. The third-order valence-electron chi connectivity index (χ3n) is 3.59. The second kappa shape index (κ2) is 5.37. The zero-order valence-electron chi connectivity index (χ0n) is 11.6. The number of para-hydroxylation sites is 2. The molecule has 0 aromatic heterocycles. The zero-order valence-corrected chi connectivity index (χ0v) is 12.4. The molecule has 1 aliphatic rings. The third-order valence-corrected chi connectivity index (χ3v) is 4.11. The highest BCUT2D eigenvalue weighted by molar-refractivity contribution is 6.21. The van der Waals surface area contributed by atoms with E-state index in [4.69, 9.17) is 21.1 Å². The average Bonchev–Trinajstić information content (AvgIpc) is 2.48. The summed E-state index contributed by atoms with van der Waals surface area (Å²) in [6, 6.07) is 14.0. The quantitative estimate of drug-likeness (QED) is 0.762. The largest absolute Gasteiger partial charge is 0.486 e. The molecule has 3 rings (SSSR count). The van der Waals surface area contributed by atoms with Crippen LogP contribution in [0.4, 0.5) is 0 Å². The molecule has 0 bridgehead atoms. The summed E-state index contributed by atoms with van der Waals surface area (Å²) in [5.74, 6) is 1.55. The van der Waals surface area contributed by atoms with Gasteiger partial charge < -0.3 is 9.47 Å². The summed E-state index contributed by atoms with van der Waals surface area (Å²) in [6.45, 7) is 4.61. The highest BCUT2D eigenvalue weighted by Crippen LogP contribution is 2.37. The molecule has 2 atom stereocenters. The number of hydrogen-bond acceptors (Lipinski definition) is 2. The normalized spacial score (nSPS) is 18.6. The minimum atomic E-state index is -0.219. The van der Waals surface area contributed by atoms with Gasteiger partial charge >= 0.3 is 0 Å². The predicted molar refractivity (Wildman–Crippen MR) is 80.9 cm³/mol. The van der Waals surface area contributed by atoms with Crippen LogP contribution >= 0.6 is 11.6 Å². The topological polar surface area (TPSA) is 18.5 Å². The second-order valence-corrected chi connectivity index (χ2v) is 5.65. The summed E-state index contributed by atoms with van der Waals surface area (Å²) >= 11 is 6.62. The lowest BCUT2D eigenvalue weighted by Crippen LogP contribution is -2.33. The Morgan fingerprint density at radius 3 is 2.65 bits per heavy atom. The van der Waals surface area contributed by atoms with Crippen LogP contribution in [0.3, 0.4) is 0 Å². The van der Waals surface area contributed by atoms with Gasteiger partial charge in [0.1, 0.15) is 6.61 Å². The molecule has 0 spiro atoms. The van der Waals surface area contributed by atoms with Crippen LogP contribution in [-0.4, -0.2) is 12.7 Å². The van der Waals surface area contributed by atoms with Crippen LogP contribution in [0.1, 0.15) is 22.1 Å². The molecule has 3 heteroatoms. The van der Waals surface area contributed by atoms with E-state index in [9.17, 15) is 0 Å². The molecule has 0 radical (unpaired) electrons. The molecule has 0 saturated carbocycles. The fourth-order valence-corrected chi connectivity index (χ4v) is 2.80. The lowest BCUT2D eigenvalue weighted by molar-refractivity contribution is 0.0876. The van der Waals surface area contributed by atoms with Crippen LogP contribution in [0.2, 0.25) is 0 Å². The first-order valence-corrected chi connectivity index (χ1v) is 7.18. The van der Waals surface area contributed by atoms with Gasteiger partial charge in [-0.05, 0) is 37.1 Å². The number of ether oxygens (including phenoxy) is 2. The summed E-state index contributed by atoms with van der Waals surface area (Å²) < 4.78 is 11.7. The number of halogens is 1. The van der Waals surface area contributed by atoms with E-state index in [1.165, 1.54) is 11.1 Å². The van der Waals surface area contributed by atoms with E-state index in [0.717, 1.165) is 17.1 Å². The fraction of sp³-hybridized carbons (Fsp3) is 0.294. The summed E-state index contributed by atoms with van der Waals surface area (Å²) in [4.78, 5) is 0. The van der Waals surface area contributed by atoms with Crippen molar-refractivity contribution in [3.63, 3.8) is 0 Å². The summed E-state index contributed by atoms with van der Waals surface area (Å²) in [5, 5.41) is -0.219. The Bertz CT molecular complexity index is 624. The van der Waals surface area contributed by atoms with Gasteiger partial charge in [-0.2, -0.15) is 0 Å². The Hall–Kier alpha value is -1.67. The molecule has 0 amide bonds. The monoisotopic (exact) mass is 288 g/mol. The van der Waals surface area contributed by atoms with Gasteiger partial charge in [0, 0.05) is 0 Å². The third kappa shape index (κ3) is 2.48. The molecule has 2 aromatic rings. The van der Waals surface area contributed by atoms with E-state index in [1.807, 2.05) is 24.3 Å². The van der Waals surface area contributed by atoms with Gasteiger partial charge in [-0.3, -0.25) is 0 Å². The standard InChI is InChI=1S/C17H17ClO2/c1-11-7-8-12(2)13(9-11)17(18)16-10-19-14-5-3-4-6-15(14)20-16/h3-9,16-17H,10H2,1-2H3. The number of alkyl halides is 1. The van der Waals surface area contributed by atoms with Crippen molar-refractivity contribution in [3.05, 3.63) is 59.2 Å². The second-order valence-electron chi connectivity index (χ2n) is 5.18. The molecule has 1 heterocycles.